The van der Waals surface area contributed by atoms with Crippen LogP contribution in [-0.2, 0) is 9.59 Å². The van der Waals surface area contributed by atoms with Gasteiger partial charge in [-0.05, 0) is 37.1 Å². The van der Waals surface area contributed by atoms with E-state index in [0.29, 0.717) is 24.5 Å². The highest BCUT2D eigenvalue weighted by Crippen LogP contribution is 2.24. The number of nitrogens with two attached hydrogens (primary N) is 1. The van der Waals surface area contributed by atoms with Crippen molar-refractivity contribution in [2.24, 2.45) is 4.99 Å². The van der Waals surface area contributed by atoms with Crippen LogP contribution in [0.15, 0.2) is 38.9 Å². The van der Waals surface area contributed by atoms with Gasteiger partial charge in [-0.1, -0.05) is 0 Å². The monoisotopic (exact) mass is 474 g/mol. The summed E-state index contributed by atoms with van der Waals surface area (Å²) >= 11 is 1.53. The van der Waals surface area contributed by atoms with Crippen LogP contribution < -0.4 is 21.9 Å². The van der Waals surface area contributed by atoms with Crippen LogP contribution in [0.2, 0.25) is 0 Å². The molecule has 1 aliphatic heterocycles. The molecular formula is C20H22N6O6S. The maximum absolute atomic E-state index is 12.3. The lowest BCUT2D eigenvalue weighted by Crippen LogP contribution is -2.41. The second-order valence-electron chi connectivity index (χ2n) is 7.10. The minimum absolute atomic E-state index is 0.0244. The van der Waals surface area contributed by atoms with Gasteiger partial charge in [-0.2, -0.15) is 4.98 Å². The van der Waals surface area contributed by atoms with E-state index >= 15 is 0 Å². The fourth-order valence-corrected chi connectivity index (χ4v) is 3.90. The van der Waals surface area contributed by atoms with Crippen molar-refractivity contribution in [2.75, 3.05) is 23.3 Å². The van der Waals surface area contributed by atoms with Gasteiger partial charge in [-0.3, -0.25) is 19.4 Å². The molecule has 0 saturated carbocycles. The highest BCUT2D eigenvalue weighted by molar-refractivity contribution is 7.99. The smallest absolute Gasteiger partial charge is 0.326 e. The van der Waals surface area contributed by atoms with E-state index in [0.717, 1.165) is 10.6 Å². The van der Waals surface area contributed by atoms with E-state index in [4.69, 9.17) is 15.9 Å². The van der Waals surface area contributed by atoms with Crippen LogP contribution in [-0.4, -0.2) is 62.1 Å². The van der Waals surface area contributed by atoms with E-state index in [1.807, 2.05) is 0 Å². The van der Waals surface area contributed by atoms with E-state index in [1.165, 1.54) is 11.8 Å². The van der Waals surface area contributed by atoms with Gasteiger partial charge in [0.1, 0.15) is 6.04 Å². The number of amides is 1. The van der Waals surface area contributed by atoms with E-state index in [1.54, 1.807) is 24.3 Å². The number of carboxylic acid groups (broad SMARTS) is 2. The second kappa shape index (κ2) is 10.6. The normalized spacial score (nSPS) is 13.3. The first-order chi connectivity index (χ1) is 15.7. The van der Waals surface area contributed by atoms with E-state index < -0.39 is 29.4 Å². The molecule has 1 aromatic heterocycles. The molecule has 1 amide bonds. The molecule has 2 aromatic rings. The van der Waals surface area contributed by atoms with Crippen LogP contribution in [0.5, 0.6) is 0 Å². The number of carboxylic acids is 2. The lowest BCUT2D eigenvalue weighted by Gasteiger charge is -2.16. The minimum atomic E-state index is -1.29. The van der Waals surface area contributed by atoms with Crippen molar-refractivity contribution >= 4 is 52.8 Å². The molecule has 1 aliphatic rings. The SMILES string of the molecule is Nc1nc2c(c(=O)[nH]1)N=C(CCSc1ccc(C(=O)N[C@@H](CCC(=O)O)C(=O)O)cc1)CN2. The molecule has 0 saturated heterocycles. The summed E-state index contributed by atoms with van der Waals surface area (Å²) in [5.74, 6) is -1.96. The minimum Gasteiger partial charge on any atom is -0.481 e. The van der Waals surface area contributed by atoms with Gasteiger partial charge in [-0.15, -0.1) is 11.8 Å². The predicted octanol–water partition coefficient (Wildman–Crippen LogP) is 1.08. The Balaban J connectivity index is 1.53. The number of aliphatic imine (C=N–C) groups is 1. The zero-order valence-corrected chi connectivity index (χ0v) is 18.1. The summed E-state index contributed by atoms with van der Waals surface area (Å²) in [6.45, 7) is 0.454. The van der Waals surface area contributed by atoms with E-state index in [-0.39, 0.29) is 30.0 Å². The number of carbonyl (C=O) groups is 3. The number of nitrogens with one attached hydrogen (secondary N) is 3. The molecule has 0 unspecified atom stereocenters. The molecule has 13 heteroatoms. The molecule has 33 heavy (non-hydrogen) atoms. The molecule has 1 atom stereocenters. The summed E-state index contributed by atoms with van der Waals surface area (Å²) in [6, 6.07) is 5.33. The van der Waals surface area contributed by atoms with Gasteiger partial charge in [0.25, 0.3) is 11.5 Å². The predicted molar refractivity (Wildman–Crippen MR) is 122 cm³/mol. The standard InChI is InChI=1S/C20H22N6O6S/c21-20-25-16-15(18(30)26-20)23-11(9-22-16)7-8-33-12-3-1-10(2-4-12)17(29)24-13(19(31)32)5-6-14(27)28/h1-4,13H,5-9H2,(H,24,29)(H,27,28)(H,31,32)(H4,21,22,25,26,30)/t13-/m0/s1. The number of carbonyl (C=O) groups excluding carboxylic acids is 1. The Bertz CT molecular complexity index is 1150. The summed E-state index contributed by atoms with van der Waals surface area (Å²) in [5.41, 5.74) is 6.38. The molecule has 0 aliphatic carbocycles. The van der Waals surface area contributed by atoms with Gasteiger partial charge in [0.15, 0.2) is 11.5 Å². The van der Waals surface area contributed by atoms with Gasteiger partial charge in [-0.25, -0.2) is 9.79 Å². The first-order valence-corrected chi connectivity index (χ1v) is 10.9. The van der Waals surface area contributed by atoms with Crippen LogP contribution in [0.1, 0.15) is 29.6 Å². The Kier molecular flexibility index (Phi) is 7.66. The number of thioether (sulfide) groups is 1. The molecule has 2 heterocycles. The Hall–Kier alpha value is -3.87. The van der Waals surface area contributed by atoms with Crippen LogP contribution in [0.4, 0.5) is 17.5 Å². The maximum Gasteiger partial charge on any atom is 0.326 e. The van der Waals surface area contributed by atoms with Crippen LogP contribution in [0, 0.1) is 0 Å². The topological polar surface area (TPSA) is 200 Å². The summed E-state index contributed by atoms with van der Waals surface area (Å²) in [7, 11) is 0. The van der Waals surface area contributed by atoms with Crippen molar-refractivity contribution in [2.45, 2.75) is 30.2 Å². The van der Waals surface area contributed by atoms with Crippen LogP contribution >= 0.6 is 11.8 Å². The number of nitrogen functional groups attached to an aromatic ring is 1. The third kappa shape index (κ3) is 6.55. The Labute approximate surface area is 191 Å². The van der Waals surface area contributed by atoms with Gasteiger partial charge >= 0.3 is 11.9 Å². The Morgan fingerprint density at radius 1 is 1.21 bits per heavy atom. The molecule has 12 nitrogen and oxygen atoms in total. The molecule has 1 aromatic carbocycles. The summed E-state index contributed by atoms with van der Waals surface area (Å²) < 4.78 is 0. The number of fused-ring (bicyclic) bond motifs is 1. The lowest BCUT2D eigenvalue weighted by molar-refractivity contribution is -0.140. The highest BCUT2D eigenvalue weighted by Gasteiger charge is 2.21. The Morgan fingerprint density at radius 2 is 1.94 bits per heavy atom. The van der Waals surface area contributed by atoms with Crippen molar-refractivity contribution in [3.8, 4) is 0 Å². The zero-order chi connectivity index (χ0) is 24.0. The van der Waals surface area contributed by atoms with Crippen molar-refractivity contribution < 1.29 is 24.6 Å². The number of hydrogen-bond donors (Lipinski definition) is 6. The van der Waals surface area contributed by atoms with Crippen molar-refractivity contribution in [1.82, 2.24) is 15.3 Å². The summed E-state index contributed by atoms with van der Waals surface area (Å²) in [5, 5.41) is 23.2. The number of hydrogen-bond acceptors (Lipinski definition) is 9. The van der Waals surface area contributed by atoms with Crippen LogP contribution in [0.3, 0.4) is 0 Å². The molecule has 0 radical (unpaired) electrons. The number of H-pyrrole nitrogens is 1. The number of benzene rings is 1. The first-order valence-electron chi connectivity index (χ1n) is 9.91. The van der Waals surface area contributed by atoms with Crippen LogP contribution in [0.25, 0.3) is 0 Å². The van der Waals surface area contributed by atoms with Gasteiger partial charge in [0.2, 0.25) is 5.95 Å². The van der Waals surface area contributed by atoms with Gasteiger partial charge < -0.3 is 26.6 Å². The fourth-order valence-electron chi connectivity index (χ4n) is 3.00. The van der Waals surface area contributed by atoms with E-state index in [2.05, 4.69) is 25.6 Å². The Morgan fingerprint density at radius 3 is 2.61 bits per heavy atom. The maximum atomic E-state index is 12.3. The number of nitrogens with zero attached hydrogens (tertiary/aromatic N) is 2. The molecule has 7 N–H and O–H groups in total. The third-order valence-electron chi connectivity index (χ3n) is 4.67. The van der Waals surface area contributed by atoms with Crippen molar-refractivity contribution in [1.29, 1.82) is 0 Å². The zero-order valence-electron chi connectivity index (χ0n) is 17.3. The second-order valence-corrected chi connectivity index (χ2v) is 8.27. The highest BCUT2D eigenvalue weighted by atomic mass is 32.2. The average Bonchev–Trinajstić information content (AvgIpc) is 2.77. The number of aromatic amines is 1. The molecule has 3 rings (SSSR count). The number of rotatable bonds is 10. The molecule has 174 valence electrons. The molecule has 0 spiro atoms. The van der Waals surface area contributed by atoms with Crippen molar-refractivity contribution in [3.05, 3.63) is 40.2 Å². The summed E-state index contributed by atoms with van der Waals surface area (Å²) in [4.78, 5) is 57.8. The molecule has 0 fully saturated rings. The number of anilines is 2. The summed E-state index contributed by atoms with van der Waals surface area (Å²) in [6.07, 6.45) is 0.0497. The average molecular weight is 474 g/mol. The molecular weight excluding hydrogens is 452 g/mol. The van der Waals surface area contributed by atoms with Crippen molar-refractivity contribution in [3.63, 3.8) is 0 Å². The quantitative estimate of drug-likeness (QED) is 0.271. The first kappa shape index (κ1) is 23.8. The van der Waals surface area contributed by atoms with Gasteiger partial charge in [0.05, 0.1) is 6.54 Å². The van der Waals surface area contributed by atoms with E-state index in [9.17, 15) is 19.2 Å². The third-order valence-corrected chi connectivity index (χ3v) is 5.68. The molecule has 0 bridgehead atoms. The lowest BCUT2D eigenvalue weighted by atomic mass is 10.1. The largest absolute Gasteiger partial charge is 0.481 e. The number of aromatic nitrogens is 2. The number of aliphatic carboxylic acids is 2. The van der Waals surface area contributed by atoms with Gasteiger partial charge in [0, 0.05) is 28.3 Å². The fraction of sp³-hybridized carbons (Fsp3) is 0.300.